The third kappa shape index (κ3) is 4.13. The molecule has 108 valence electrons. The summed E-state index contributed by atoms with van der Waals surface area (Å²) in [5.41, 5.74) is 0. The molecule has 1 fully saturated rings. The first-order valence-corrected chi connectivity index (χ1v) is 7.03. The lowest BCUT2D eigenvalue weighted by Gasteiger charge is -2.17. The fourth-order valence-electron chi connectivity index (χ4n) is 2.12. The Morgan fingerprint density at radius 2 is 2.10 bits per heavy atom. The number of likely N-dealkylation sites (tertiary alicyclic amines) is 1. The Balaban J connectivity index is 1.75. The number of nitrogens with zero attached hydrogens (tertiary/aromatic N) is 1. The van der Waals surface area contributed by atoms with Gasteiger partial charge in [-0.25, -0.2) is 0 Å². The van der Waals surface area contributed by atoms with Crippen molar-refractivity contribution in [3.05, 3.63) is 30.3 Å². The van der Waals surface area contributed by atoms with E-state index in [4.69, 9.17) is 16.3 Å². The van der Waals surface area contributed by atoms with Gasteiger partial charge < -0.3 is 15.0 Å². The molecular weight excluding hydrogens is 280 g/mol. The SMILES string of the molecule is O=C(CCl)NC1CCN(C(=O)COc2ccccc2)C1. The molecule has 1 saturated heterocycles. The molecule has 0 saturated carbocycles. The molecule has 0 spiro atoms. The predicted octanol–water partition coefficient (Wildman–Crippen LogP) is 1.02. The van der Waals surface area contributed by atoms with E-state index in [9.17, 15) is 9.59 Å². The molecule has 0 bridgehead atoms. The quantitative estimate of drug-likeness (QED) is 0.826. The molecule has 1 N–H and O–H groups in total. The van der Waals surface area contributed by atoms with Crippen LogP contribution in [0, 0.1) is 0 Å². The summed E-state index contributed by atoms with van der Waals surface area (Å²) in [7, 11) is 0. The second-order valence-electron chi connectivity index (χ2n) is 4.63. The van der Waals surface area contributed by atoms with Gasteiger partial charge in [-0.3, -0.25) is 9.59 Å². The van der Waals surface area contributed by atoms with Crippen LogP contribution in [0.2, 0.25) is 0 Å². The van der Waals surface area contributed by atoms with Gasteiger partial charge in [0.1, 0.15) is 11.6 Å². The Kier molecular flexibility index (Phi) is 5.24. The number of para-hydroxylation sites is 1. The van der Waals surface area contributed by atoms with Crippen LogP contribution in [-0.2, 0) is 9.59 Å². The number of hydrogen-bond acceptors (Lipinski definition) is 3. The molecule has 0 aliphatic carbocycles. The number of nitrogens with one attached hydrogen (secondary N) is 1. The number of carbonyl (C=O) groups excluding carboxylic acids is 2. The van der Waals surface area contributed by atoms with Crippen molar-refractivity contribution in [1.29, 1.82) is 0 Å². The summed E-state index contributed by atoms with van der Waals surface area (Å²) >= 11 is 5.43. The first-order valence-electron chi connectivity index (χ1n) is 6.50. The van der Waals surface area contributed by atoms with Crippen LogP contribution in [0.1, 0.15) is 6.42 Å². The summed E-state index contributed by atoms with van der Waals surface area (Å²) in [5, 5.41) is 2.78. The summed E-state index contributed by atoms with van der Waals surface area (Å²) in [4.78, 5) is 24.9. The van der Waals surface area contributed by atoms with E-state index in [-0.39, 0.29) is 30.3 Å². The third-order valence-corrected chi connectivity index (χ3v) is 3.38. The van der Waals surface area contributed by atoms with Crippen molar-refractivity contribution in [2.45, 2.75) is 12.5 Å². The second-order valence-corrected chi connectivity index (χ2v) is 4.90. The van der Waals surface area contributed by atoms with Gasteiger partial charge >= 0.3 is 0 Å². The lowest BCUT2D eigenvalue weighted by atomic mass is 10.2. The molecule has 1 aliphatic rings. The monoisotopic (exact) mass is 296 g/mol. The minimum Gasteiger partial charge on any atom is -0.484 e. The van der Waals surface area contributed by atoms with E-state index in [2.05, 4.69) is 5.32 Å². The Bertz CT molecular complexity index is 467. The smallest absolute Gasteiger partial charge is 0.260 e. The first kappa shape index (κ1) is 14.7. The van der Waals surface area contributed by atoms with Crippen molar-refractivity contribution >= 4 is 23.4 Å². The van der Waals surface area contributed by atoms with Crippen molar-refractivity contribution in [2.75, 3.05) is 25.6 Å². The number of halogens is 1. The largest absolute Gasteiger partial charge is 0.484 e. The number of amides is 2. The minimum atomic E-state index is -0.202. The van der Waals surface area contributed by atoms with Crippen LogP contribution in [0.3, 0.4) is 0 Å². The fraction of sp³-hybridized carbons (Fsp3) is 0.429. The maximum atomic E-state index is 12.0. The summed E-state index contributed by atoms with van der Waals surface area (Å²) in [6.07, 6.45) is 0.750. The van der Waals surface area contributed by atoms with Gasteiger partial charge in [0.2, 0.25) is 5.91 Å². The van der Waals surface area contributed by atoms with Gasteiger partial charge in [-0.2, -0.15) is 0 Å². The zero-order valence-corrected chi connectivity index (χ0v) is 11.8. The van der Waals surface area contributed by atoms with Gasteiger partial charge in [0, 0.05) is 19.1 Å². The normalized spacial score (nSPS) is 17.9. The van der Waals surface area contributed by atoms with Crippen LogP contribution in [0.25, 0.3) is 0 Å². The highest BCUT2D eigenvalue weighted by Crippen LogP contribution is 2.12. The number of ether oxygens (including phenoxy) is 1. The Labute approximate surface area is 122 Å². The van der Waals surface area contributed by atoms with Crippen molar-refractivity contribution in [3.8, 4) is 5.75 Å². The fourth-order valence-corrected chi connectivity index (χ4v) is 2.20. The molecule has 0 aromatic heterocycles. The van der Waals surface area contributed by atoms with Gasteiger partial charge in [0.05, 0.1) is 0 Å². The van der Waals surface area contributed by atoms with E-state index in [1.165, 1.54) is 0 Å². The Hall–Kier alpha value is -1.75. The standard InChI is InChI=1S/C14H17ClN2O3/c15-8-13(18)16-11-6-7-17(9-11)14(19)10-20-12-4-2-1-3-5-12/h1-5,11H,6-10H2,(H,16,18). The van der Waals surface area contributed by atoms with Crippen LogP contribution >= 0.6 is 11.6 Å². The number of hydrogen-bond donors (Lipinski definition) is 1. The molecule has 0 radical (unpaired) electrons. The summed E-state index contributed by atoms with van der Waals surface area (Å²) < 4.78 is 5.42. The predicted molar refractivity (Wildman–Crippen MR) is 75.8 cm³/mol. The zero-order chi connectivity index (χ0) is 14.4. The lowest BCUT2D eigenvalue weighted by Crippen LogP contribution is -2.40. The third-order valence-electron chi connectivity index (χ3n) is 3.13. The molecule has 1 aromatic rings. The molecule has 2 rings (SSSR count). The number of benzene rings is 1. The average molecular weight is 297 g/mol. The topological polar surface area (TPSA) is 58.6 Å². The highest BCUT2D eigenvalue weighted by Gasteiger charge is 2.27. The molecule has 1 heterocycles. The van der Waals surface area contributed by atoms with Gasteiger partial charge in [-0.1, -0.05) is 18.2 Å². The van der Waals surface area contributed by atoms with Gasteiger partial charge in [-0.05, 0) is 18.6 Å². The molecule has 20 heavy (non-hydrogen) atoms. The highest BCUT2D eigenvalue weighted by atomic mass is 35.5. The number of rotatable bonds is 5. The van der Waals surface area contributed by atoms with E-state index >= 15 is 0 Å². The maximum absolute atomic E-state index is 12.0. The molecule has 1 aromatic carbocycles. The van der Waals surface area contributed by atoms with Crippen molar-refractivity contribution in [3.63, 3.8) is 0 Å². The maximum Gasteiger partial charge on any atom is 0.260 e. The van der Waals surface area contributed by atoms with Crippen LogP contribution in [0.4, 0.5) is 0 Å². The molecule has 6 heteroatoms. The number of carbonyl (C=O) groups is 2. The summed E-state index contributed by atoms with van der Waals surface area (Å²) in [6.45, 7) is 1.16. The Morgan fingerprint density at radius 1 is 1.35 bits per heavy atom. The van der Waals surface area contributed by atoms with Gasteiger partial charge in [0.25, 0.3) is 5.91 Å². The van der Waals surface area contributed by atoms with Crippen molar-refractivity contribution in [2.24, 2.45) is 0 Å². The number of alkyl halides is 1. The Morgan fingerprint density at radius 3 is 2.80 bits per heavy atom. The molecule has 2 amide bonds. The minimum absolute atomic E-state index is 0.0121. The summed E-state index contributed by atoms with van der Waals surface area (Å²) in [5.74, 6) is 0.344. The van der Waals surface area contributed by atoms with Crippen molar-refractivity contribution in [1.82, 2.24) is 10.2 Å². The first-order chi connectivity index (χ1) is 9.69. The molecular formula is C14H17ClN2O3. The van der Waals surface area contributed by atoms with E-state index < -0.39 is 0 Å². The van der Waals surface area contributed by atoms with Crippen LogP contribution in [0.5, 0.6) is 5.75 Å². The van der Waals surface area contributed by atoms with Crippen molar-refractivity contribution < 1.29 is 14.3 Å². The molecule has 1 unspecified atom stereocenters. The van der Waals surface area contributed by atoms with E-state index in [0.29, 0.717) is 18.8 Å². The van der Waals surface area contributed by atoms with E-state index in [0.717, 1.165) is 6.42 Å². The molecule has 1 atom stereocenters. The van der Waals surface area contributed by atoms with E-state index in [1.807, 2.05) is 18.2 Å². The molecule has 5 nitrogen and oxygen atoms in total. The van der Waals surface area contributed by atoms with Crippen LogP contribution in [-0.4, -0.2) is 48.3 Å². The summed E-state index contributed by atoms with van der Waals surface area (Å²) in [6, 6.07) is 9.20. The average Bonchev–Trinajstić information content (AvgIpc) is 2.94. The van der Waals surface area contributed by atoms with Gasteiger partial charge in [0.15, 0.2) is 6.61 Å². The highest BCUT2D eigenvalue weighted by molar-refractivity contribution is 6.27. The van der Waals surface area contributed by atoms with Gasteiger partial charge in [-0.15, -0.1) is 11.6 Å². The second kappa shape index (κ2) is 7.14. The van der Waals surface area contributed by atoms with Crippen LogP contribution in [0.15, 0.2) is 30.3 Å². The zero-order valence-electron chi connectivity index (χ0n) is 11.0. The van der Waals surface area contributed by atoms with E-state index in [1.54, 1.807) is 17.0 Å². The lowest BCUT2D eigenvalue weighted by molar-refractivity contribution is -0.132. The molecule has 1 aliphatic heterocycles. The van der Waals surface area contributed by atoms with Crippen LogP contribution < -0.4 is 10.1 Å².